The predicted molar refractivity (Wildman–Crippen MR) is 239 cm³/mol. The van der Waals surface area contributed by atoms with Gasteiger partial charge in [0, 0.05) is 12.0 Å². The number of esters is 1. The van der Waals surface area contributed by atoms with E-state index >= 15 is 0 Å². The lowest BCUT2D eigenvalue weighted by Gasteiger charge is -2.38. The highest BCUT2D eigenvalue weighted by Gasteiger charge is 2.36. The maximum atomic E-state index is 14.2. The van der Waals surface area contributed by atoms with Crippen LogP contribution in [0.2, 0.25) is 0 Å². The van der Waals surface area contributed by atoms with E-state index < -0.39 is 30.1 Å². The molecular formula is C51H74N2O6. The van der Waals surface area contributed by atoms with Crippen molar-refractivity contribution in [2.75, 3.05) is 0 Å². The van der Waals surface area contributed by atoms with Crippen molar-refractivity contribution in [2.45, 2.75) is 171 Å². The van der Waals surface area contributed by atoms with Gasteiger partial charge in [-0.2, -0.15) is 0 Å². The summed E-state index contributed by atoms with van der Waals surface area (Å²) in [6, 6.07) is 16.9. The molecule has 0 saturated carbocycles. The fraction of sp³-hybridized carbons (Fsp3) is 0.588. The van der Waals surface area contributed by atoms with Crippen molar-refractivity contribution in [3.8, 4) is 11.5 Å². The molecule has 3 aromatic rings. The van der Waals surface area contributed by atoms with Gasteiger partial charge in [0.05, 0.1) is 0 Å². The quantitative estimate of drug-likeness (QED) is 0.0774. The van der Waals surface area contributed by atoms with E-state index in [0.717, 1.165) is 76.6 Å². The van der Waals surface area contributed by atoms with Gasteiger partial charge in [0.25, 0.3) is 0 Å². The molecule has 1 heterocycles. The molecule has 1 aliphatic heterocycles. The maximum Gasteiger partial charge on any atom is 0.408 e. The Morgan fingerprint density at radius 2 is 1.31 bits per heavy atom. The summed E-state index contributed by atoms with van der Waals surface area (Å²) in [4.78, 5) is 40.8. The van der Waals surface area contributed by atoms with Gasteiger partial charge < -0.3 is 24.8 Å². The Hall–Kier alpha value is -4.33. The minimum absolute atomic E-state index is 0.0724. The summed E-state index contributed by atoms with van der Waals surface area (Å²) < 4.78 is 18.6. The van der Waals surface area contributed by atoms with Crippen molar-refractivity contribution < 1.29 is 28.6 Å². The highest BCUT2D eigenvalue weighted by molar-refractivity contribution is 5.90. The average molecular weight is 811 g/mol. The van der Waals surface area contributed by atoms with Crippen LogP contribution in [-0.2, 0) is 33.8 Å². The highest BCUT2D eigenvalue weighted by atomic mass is 16.5. The van der Waals surface area contributed by atoms with Crippen LogP contribution >= 0.6 is 0 Å². The highest BCUT2D eigenvalue weighted by Crippen LogP contribution is 2.45. The first-order valence-electron chi connectivity index (χ1n) is 22.4. The van der Waals surface area contributed by atoms with Gasteiger partial charge in [0.15, 0.2) is 0 Å². The zero-order chi connectivity index (χ0) is 43.1. The number of rotatable bonds is 22. The average Bonchev–Trinajstić information content (AvgIpc) is 3.20. The van der Waals surface area contributed by atoms with Crippen molar-refractivity contribution in [1.29, 1.82) is 0 Å². The molecule has 324 valence electrons. The number of amides is 2. The first kappa shape index (κ1) is 47.3. The molecule has 0 spiro atoms. The van der Waals surface area contributed by atoms with Crippen LogP contribution in [0.3, 0.4) is 0 Å². The summed E-state index contributed by atoms with van der Waals surface area (Å²) in [7, 11) is 0. The molecule has 2 N–H and O–H groups in total. The lowest BCUT2D eigenvalue weighted by molar-refractivity contribution is -0.140. The van der Waals surface area contributed by atoms with Crippen molar-refractivity contribution in [1.82, 2.24) is 10.6 Å². The van der Waals surface area contributed by atoms with Crippen molar-refractivity contribution in [3.63, 3.8) is 0 Å². The standard InChI is InChI=1S/C51H74N2O6/c1-34(2)20-17-21-36(5)22-18-23-37(6)24-19-30-51(10)31-29-43-40(9)46(38(7)39(8)47(43)59-51)58-49(55)44(32-41-25-13-11-14-26-41)52-48(54)45(35(3)4)53-50(56)57-33-42-27-15-12-16-28-42/h11-16,25-28,34-37,44-45H,17-24,29-33H2,1-10H3,(H,52,54)(H,53,56)/t36-,37-,44+,45+,51-/m1/s1. The lowest BCUT2D eigenvalue weighted by atomic mass is 9.83. The predicted octanol–water partition coefficient (Wildman–Crippen LogP) is 11.7. The SMILES string of the molecule is Cc1c(C)c2c(c(C)c1OC(=O)[C@H](Cc1ccccc1)NC(=O)[C@@H](NC(=O)OCc1ccccc1)C(C)C)CC[C@@](C)(CCC[C@H](C)CCC[C@H](C)CCCC(C)C)O2. The van der Waals surface area contributed by atoms with Crippen LogP contribution in [0.1, 0.15) is 146 Å². The van der Waals surface area contributed by atoms with E-state index in [9.17, 15) is 14.4 Å². The van der Waals surface area contributed by atoms with Gasteiger partial charge in [0.2, 0.25) is 5.91 Å². The van der Waals surface area contributed by atoms with Gasteiger partial charge in [-0.15, -0.1) is 0 Å². The molecular weight excluding hydrogens is 737 g/mol. The lowest BCUT2D eigenvalue weighted by Crippen LogP contribution is -2.55. The van der Waals surface area contributed by atoms with E-state index in [-0.39, 0.29) is 24.5 Å². The Morgan fingerprint density at radius 1 is 0.729 bits per heavy atom. The number of hydrogen-bond donors (Lipinski definition) is 2. The minimum Gasteiger partial charge on any atom is -0.487 e. The normalized spacial score (nSPS) is 17.0. The summed E-state index contributed by atoms with van der Waals surface area (Å²) in [6.07, 6.45) is 12.6. The summed E-state index contributed by atoms with van der Waals surface area (Å²) in [5, 5.41) is 5.63. The van der Waals surface area contributed by atoms with E-state index in [0.29, 0.717) is 11.7 Å². The van der Waals surface area contributed by atoms with Gasteiger partial charge in [-0.05, 0) is 105 Å². The summed E-state index contributed by atoms with van der Waals surface area (Å²) in [6.45, 7) is 21.5. The smallest absolute Gasteiger partial charge is 0.408 e. The number of hydrogen-bond acceptors (Lipinski definition) is 6. The second kappa shape index (κ2) is 22.9. The summed E-state index contributed by atoms with van der Waals surface area (Å²) >= 11 is 0. The fourth-order valence-electron chi connectivity index (χ4n) is 8.32. The molecule has 0 radical (unpaired) electrons. The Morgan fingerprint density at radius 3 is 1.90 bits per heavy atom. The maximum absolute atomic E-state index is 14.2. The molecule has 0 unspecified atom stereocenters. The number of carbonyl (C=O) groups excluding carboxylic acids is 3. The molecule has 0 bridgehead atoms. The van der Waals surface area contributed by atoms with Crippen LogP contribution in [0.25, 0.3) is 0 Å². The van der Waals surface area contributed by atoms with Gasteiger partial charge in [-0.25, -0.2) is 9.59 Å². The molecule has 8 nitrogen and oxygen atoms in total. The van der Waals surface area contributed by atoms with Crippen LogP contribution in [0.4, 0.5) is 4.79 Å². The number of nitrogens with one attached hydrogen (secondary N) is 2. The molecule has 2 amide bonds. The van der Waals surface area contributed by atoms with Crippen LogP contribution in [0.5, 0.6) is 11.5 Å². The third-order valence-electron chi connectivity index (χ3n) is 12.4. The Bertz CT molecular complexity index is 1790. The summed E-state index contributed by atoms with van der Waals surface area (Å²) in [5.41, 5.74) is 5.23. The molecule has 8 heteroatoms. The van der Waals surface area contributed by atoms with Crippen molar-refractivity contribution >= 4 is 18.0 Å². The third kappa shape index (κ3) is 14.7. The van der Waals surface area contributed by atoms with Gasteiger partial charge in [0.1, 0.15) is 35.8 Å². The monoisotopic (exact) mass is 811 g/mol. The number of alkyl carbamates (subject to hydrolysis) is 1. The number of carbonyl (C=O) groups is 3. The van der Waals surface area contributed by atoms with E-state index in [1.54, 1.807) is 0 Å². The van der Waals surface area contributed by atoms with Crippen molar-refractivity contribution in [3.05, 3.63) is 94.0 Å². The van der Waals surface area contributed by atoms with Crippen LogP contribution in [-0.4, -0.2) is 35.7 Å². The topological polar surface area (TPSA) is 103 Å². The van der Waals surface area contributed by atoms with Crippen LogP contribution in [0.15, 0.2) is 60.7 Å². The number of fused-ring (bicyclic) bond motifs is 1. The van der Waals surface area contributed by atoms with Gasteiger partial charge in [-0.1, -0.05) is 147 Å². The minimum atomic E-state index is -1.01. The van der Waals surface area contributed by atoms with Crippen molar-refractivity contribution in [2.24, 2.45) is 23.7 Å². The molecule has 1 aliphatic rings. The first-order valence-corrected chi connectivity index (χ1v) is 22.4. The fourth-order valence-corrected chi connectivity index (χ4v) is 8.32. The van der Waals surface area contributed by atoms with E-state index in [4.69, 9.17) is 14.2 Å². The molecule has 0 aromatic heterocycles. The molecule has 3 aromatic carbocycles. The molecule has 4 rings (SSSR count). The Balaban J connectivity index is 1.39. The second-order valence-corrected chi connectivity index (χ2v) is 18.5. The largest absolute Gasteiger partial charge is 0.487 e. The van der Waals surface area contributed by atoms with Crippen LogP contribution < -0.4 is 20.1 Å². The third-order valence-corrected chi connectivity index (χ3v) is 12.4. The van der Waals surface area contributed by atoms with E-state index in [1.807, 2.05) is 95.3 Å². The molecule has 0 fully saturated rings. The van der Waals surface area contributed by atoms with Gasteiger partial charge in [-0.3, -0.25) is 4.79 Å². The van der Waals surface area contributed by atoms with E-state index in [2.05, 4.69) is 45.3 Å². The molecule has 59 heavy (non-hydrogen) atoms. The molecule has 0 aliphatic carbocycles. The number of benzene rings is 3. The first-order chi connectivity index (χ1) is 28.1. The molecule has 5 atom stereocenters. The Labute approximate surface area is 356 Å². The second-order valence-electron chi connectivity index (χ2n) is 18.5. The molecule has 0 saturated heterocycles. The zero-order valence-electron chi connectivity index (χ0n) is 37.9. The van der Waals surface area contributed by atoms with Gasteiger partial charge >= 0.3 is 12.1 Å². The van der Waals surface area contributed by atoms with Crippen LogP contribution in [0, 0.1) is 44.4 Å². The number of ether oxygens (including phenoxy) is 3. The van der Waals surface area contributed by atoms with E-state index in [1.165, 1.54) is 44.9 Å². The zero-order valence-corrected chi connectivity index (χ0v) is 37.9. The summed E-state index contributed by atoms with van der Waals surface area (Å²) in [5.74, 6) is 2.41. The Kier molecular flexibility index (Phi) is 18.4.